The first-order valence-electron chi connectivity index (χ1n) is 7.70. The fraction of sp³-hybridized carbons (Fsp3) is 0.467. The van der Waals surface area contributed by atoms with Gasteiger partial charge in [0.05, 0.1) is 11.0 Å². The van der Waals surface area contributed by atoms with E-state index in [2.05, 4.69) is 10.5 Å². The van der Waals surface area contributed by atoms with Crippen LogP contribution in [0.3, 0.4) is 0 Å². The SMILES string of the molecule is O=C(NOC1CCCCO1)c1ccc2c(c1)[nH]c(=O)n2CC(F)(F)F. The first-order valence-corrected chi connectivity index (χ1v) is 7.70. The van der Waals surface area contributed by atoms with Gasteiger partial charge in [0.15, 0.2) is 6.29 Å². The van der Waals surface area contributed by atoms with Gasteiger partial charge in [0.25, 0.3) is 5.91 Å². The molecule has 1 aliphatic heterocycles. The minimum atomic E-state index is -4.52. The summed E-state index contributed by atoms with van der Waals surface area (Å²) < 4.78 is 43.5. The summed E-state index contributed by atoms with van der Waals surface area (Å²) in [6, 6.07) is 3.90. The number of alkyl halides is 3. The number of nitrogens with one attached hydrogen (secondary N) is 2. The maximum absolute atomic E-state index is 12.5. The number of hydrogen-bond acceptors (Lipinski definition) is 4. The summed E-state index contributed by atoms with van der Waals surface area (Å²) in [6.07, 6.45) is -2.52. The average Bonchev–Trinajstić information content (AvgIpc) is 2.87. The highest BCUT2D eigenvalue weighted by Gasteiger charge is 2.30. The lowest BCUT2D eigenvalue weighted by atomic mass is 10.2. The third-order valence-corrected chi connectivity index (χ3v) is 3.79. The Morgan fingerprint density at radius 2 is 2.20 bits per heavy atom. The van der Waals surface area contributed by atoms with Gasteiger partial charge in [-0.15, -0.1) is 0 Å². The predicted octanol–water partition coefficient (Wildman–Crippen LogP) is 2.08. The smallest absolute Gasteiger partial charge is 0.350 e. The minimum Gasteiger partial charge on any atom is -0.350 e. The lowest BCUT2D eigenvalue weighted by Crippen LogP contribution is -2.33. The zero-order valence-corrected chi connectivity index (χ0v) is 13.1. The van der Waals surface area contributed by atoms with Crippen LogP contribution in [0.4, 0.5) is 13.2 Å². The van der Waals surface area contributed by atoms with E-state index in [4.69, 9.17) is 9.57 Å². The zero-order chi connectivity index (χ0) is 18.0. The second-order valence-electron chi connectivity index (χ2n) is 5.71. The quantitative estimate of drug-likeness (QED) is 0.819. The number of imidazole rings is 1. The molecule has 2 N–H and O–H groups in total. The highest BCUT2D eigenvalue weighted by atomic mass is 19.4. The second-order valence-corrected chi connectivity index (χ2v) is 5.71. The largest absolute Gasteiger partial charge is 0.406 e. The molecule has 25 heavy (non-hydrogen) atoms. The molecule has 1 aromatic carbocycles. The van der Waals surface area contributed by atoms with Crippen LogP contribution in [0.15, 0.2) is 23.0 Å². The van der Waals surface area contributed by atoms with Gasteiger partial charge in [0.1, 0.15) is 6.54 Å². The fourth-order valence-electron chi connectivity index (χ4n) is 2.62. The molecule has 7 nitrogen and oxygen atoms in total. The van der Waals surface area contributed by atoms with Gasteiger partial charge in [-0.25, -0.2) is 15.1 Å². The van der Waals surface area contributed by atoms with E-state index in [1.54, 1.807) is 0 Å². The molecular formula is C15H16F3N3O4. The van der Waals surface area contributed by atoms with Crippen molar-refractivity contribution < 1.29 is 27.5 Å². The Balaban J connectivity index is 1.74. The number of carbonyl (C=O) groups excluding carboxylic acids is 1. The monoisotopic (exact) mass is 359 g/mol. The Kier molecular flexibility index (Phi) is 4.82. The fourth-order valence-corrected chi connectivity index (χ4v) is 2.62. The number of aromatic nitrogens is 2. The molecule has 0 aliphatic carbocycles. The minimum absolute atomic E-state index is 0.0652. The summed E-state index contributed by atoms with van der Waals surface area (Å²) in [6.45, 7) is -0.847. The summed E-state index contributed by atoms with van der Waals surface area (Å²) in [5.74, 6) is -0.583. The van der Waals surface area contributed by atoms with Crippen molar-refractivity contribution in [3.8, 4) is 0 Å². The molecule has 1 aliphatic rings. The zero-order valence-electron chi connectivity index (χ0n) is 13.1. The van der Waals surface area contributed by atoms with Crippen LogP contribution in [0.25, 0.3) is 11.0 Å². The Bertz CT molecular complexity index is 822. The number of amides is 1. The molecule has 1 aromatic heterocycles. The van der Waals surface area contributed by atoms with Crippen LogP contribution >= 0.6 is 0 Å². The molecule has 1 saturated heterocycles. The Hall–Kier alpha value is -2.33. The molecule has 0 saturated carbocycles. The van der Waals surface area contributed by atoms with E-state index in [-0.39, 0.29) is 16.6 Å². The summed E-state index contributed by atoms with van der Waals surface area (Å²) in [5.41, 5.74) is 1.70. The predicted molar refractivity (Wildman–Crippen MR) is 80.8 cm³/mol. The van der Waals surface area contributed by atoms with Gasteiger partial charge < -0.3 is 9.72 Å². The second kappa shape index (κ2) is 6.89. The summed E-state index contributed by atoms with van der Waals surface area (Å²) >= 11 is 0. The van der Waals surface area contributed by atoms with Crippen LogP contribution < -0.4 is 11.2 Å². The van der Waals surface area contributed by atoms with E-state index >= 15 is 0 Å². The van der Waals surface area contributed by atoms with Crippen LogP contribution in [0.1, 0.15) is 29.6 Å². The van der Waals surface area contributed by atoms with Crippen molar-refractivity contribution in [2.24, 2.45) is 0 Å². The molecule has 1 atom stereocenters. The normalized spacial score (nSPS) is 18.4. The number of benzene rings is 1. The number of halogens is 3. The van der Waals surface area contributed by atoms with Crippen molar-refractivity contribution in [1.29, 1.82) is 0 Å². The molecule has 1 fully saturated rings. The Morgan fingerprint density at radius 1 is 1.40 bits per heavy atom. The number of carbonyl (C=O) groups is 1. The Labute approximate surface area is 139 Å². The van der Waals surface area contributed by atoms with Crippen LogP contribution in [0.5, 0.6) is 0 Å². The topological polar surface area (TPSA) is 85.3 Å². The van der Waals surface area contributed by atoms with Crippen molar-refractivity contribution in [3.05, 3.63) is 34.2 Å². The number of hydrogen-bond donors (Lipinski definition) is 2. The summed E-state index contributed by atoms with van der Waals surface area (Å²) in [4.78, 5) is 31.2. The molecule has 0 radical (unpaired) electrons. The van der Waals surface area contributed by atoms with E-state index in [1.807, 2.05) is 0 Å². The number of H-pyrrole nitrogens is 1. The maximum atomic E-state index is 12.5. The number of fused-ring (bicyclic) bond motifs is 1. The molecule has 10 heteroatoms. The van der Waals surface area contributed by atoms with Crippen molar-refractivity contribution in [1.82, 2.24) is 15.0 Å². The van der Waals surface area contributed by atoms with E-state index in [0.717, 1.165) is 12.8 Å². The number of hydroxylamine groups is 1. The van der Waals surface area contributed by atoms with E-state index in [0.29, 0.717) is 17.6 Å². The van der Waals surface area contributed by atoms with Crippen molar-refractivity contribution in [2.45, 2.75) is 38.3 Å². The van der Waals surface area contributed by atoms with Crippen LogP contribution in [-0.4, -0.2) is 34.5 Å². The molecule has 2 aromatic rings. The molecular weight excluding hydrogens is 343 g/mol. The molecule has 1 amide bonds. The first-order chi connectivity index (χ1) is 11.8. The van der Waals surface area contributed by atoms with Gasteiger partial charge in [-0.05, 0) is 31.0 Å². The van der Waals surface area contributed by atoms with Crippen molar-refractivity contribution in [3.63, 3.8) is 0 Å². The lowest BCUT2D eigenvalue weighted by molar-refractivity contribution is -0.186. The van der Waals surface area contributed by atoms with E-state index in [1.165, 1.54) is 18.2 Å². The van der Waals surface area contributed by atoms with Gasteiger partial charge >= 0.3 is 11.9 Å². The number of rotatable bonds is 4. The molecule has 0 spiro atoms. The molecule has 3 rings (SSSR count). The van der Waals surface area contributed by atoms with Gasteiger partial charge in [-0.3, -0.25) is 9.36 Å². The van der Waals surface area contributed by atoms with Crippen molar-refractivity contribution in [2.75, 3.05) is 6.61 Å². The van der Waals surface area contributed by atoms with Crippen LogP contribution in [-0.2, 0) is 16.1 Å². The van der Waals surface area contributed by atoms with E-state index < -0.39 is 30.6 Å². The number of nitrogens with zero attached hydrogens (tertiary/aromatic N) is 1. The molecule has 136 valence electrons. The lowest BCUT2D eigenvalue weighted by Gasteiger charge is -2.22. The van der Waals surface area contributed by atoms with E-state index in [9.17, 15) is 22.8 Å². The number of ether oxygens (including phenoxy) is 1. The van der Waals surface area contributed by atoms with Crippen LogP contribution in [0, 0.1) is 0 Å². The third-order valence-electron chi connectivity index (χ3n) is 3.79. The van der Waals surface area contributed by atoms with Gasteiger partial charge in [0.2, 0.25) is 0 Å². The molecule has 1 unspecified atom stereocenters. The first kappa shape index (κ1) is 17.5. The average molecular weight is 359 g/mol. The summed E-state index contributed by atoms with van der Waals surface area (Å²) in [7, 11) is 0. The van der Waals surface area contributed by atoms with Crippen molar-refractivity contribution >= 4 is 16.9 Å². The Morgan fingerprint density at radius 3 is 2.88 bits per heavy atom. The highest BCUT2D eigenvalue weighted by molar-refractivity contribution is 5.96. The maximum Gasteiger partial charge on any atom is 0.406 e. The molecule has 2 heterocycles. The van der Waals surface area contributed by atoms with Gasteiger partial charge in [-0.1, -0.05) is 0 Å². The third kappa shape index (κ3) is 4.20. The van der Waals surface area contributed by atoms with Crippen LogP contribution in [0.2, 0.25) is 0 Å². The standard InChI is InChI=1S/C15H16F3N3O4/c16-15(17,18)8-21-11-5-4-9(7-10(11)19-14(21)23)13(22)20-25-12-3-1-2-6-24-12/h4-5,7,12H,1-3,6,8H2,(H,19,23)(H,20,22). The number of aromatic amines is 1. The highest BCUT2D eigenvalue weighted by Crippen LogP contribution is 2.20. The summed E-state index contributed by atoms with van der Waals surface area (Å²) in [5, 5.41) is 0. The molecule has 0 bridgehead atoms. The van der Waals surface area contributed by atoms with Gasteiger partial charge in [-0.2, -0.15) is 13.2 Å². The van der Waals surface area contributed by atoms with Gasteiger partial charge in [0, 0.05) is 18.6 Å².